The Kier molecular flexibility index (Phi) is 7.11. The quantitative estimate of drug-likeness (QED) is 0.457. The third-order valence-electron chi connectivity index (χ3n) is 6.07. The van der Waals surface area contributed by atoms with Crippen LogP contribution in [0, 0.1) is 20.8 Å². The first-order chi connectivity index (χ1) is 15.4. The van der Waals surface area contributed by atoms with Crippen molar-refractivity contribution in [1.82, 2.24) is 5.32 Å². The van der Waals surface area contributed by atoms with Crippen LogP contribution in [0.2, 0.25) is 0 Å². The van der Waals surface area contributed by atoms with Gasteiger partial charge >= 0.3 is 0 Å². The van der Waals surface area contributed by atoms with E-state index in [1.54, 1.807) is 16.2 Å². The summed E-state index contributed by atoms with van der Waals surface area (Å²) in [6, 6.07) is 11.6. The summed E-state index contributed by atoms with van der Waals surface area (Å²) in [5.74, 6) is -0.138. The van der Waals surface area contributed by atoms with Crippen molar-refractivity contribution in [3.05, 3.63) is 73.6 Å². The van der Waals surface area contributed by atoms with Gasteiger partial charge in [-0.3, -0.25) is 14.5 Å². The monoisotopic (exact) mass is 466 g/mol. The highest BCUT2D eigenvalue weighted by Gasteiger charge is 2.36. The zero-order chi connectivity index (χ0) is 22.7. The number of rotatable bonds is 7. The highest BCUT2D eigenvalue weighted by Crippen LogP contribution is 2.36. The van der Waals surface area contributed by atoms with Crippen LogP contribution in [0.25, 0.3) is 0 Å². The lowest BCUT2D eigenvalue weighted by Gasteiger charge is -2.33. The maximum absolute atomic E-state index is 13.8. The molecular formula is C26H30N2O2S2. The van der Waals surface area contributed by atoms with Gasteiger partial charge < -0.3 is 5.32 Å². The summed E-state index contributed by atoms with van der Waals surface area (Å²) in [7, 11) is 0. The number of nitrogens with zero attached hydrogens (tertiary/aromatic N) is 1. The Labute approximate surface area is 198 Å². The number of benzene rings is 1. The molecule has 0 saturated heterocycles. The fraction of sp³-hybridized carbons (Fsp3) is 0.385. The molecule has 1 aliphatic carbocycles. The van der Waals surface area contributed by atoms with Gasteiger partial charge in [0.1, 0.15) is 6.04 Å². The number of hydrogen-bond donors (Lipinski definition) is 1. The molecular weight excluding hydrogens is 436 g/mol. The van der Waals surface area contributed by atoms with E-state index in [1.807, 2.05) is 48.9 Å². The summed E-state index contributed by atoms with van der Waals surface area (Å²) in [6.07, 6.45) is 4.59. The Morgan fingerprint density at radius 1 is 1.03 bits per heavy atom. The van der Waals surface area contributed by atoms with Gasteiger partial charge in [0.15, 0.2) is 0 Å². The molecule has 2 heterocycles. The van der Waals surface area contributed by atoms with Crippen molar-refractivity contribution in [2.45, 2.75) is 65.0 Å². The SMILES string of the molecule is Cc1cc(C)c(N(C(=O)Cc2cccs2)[C@@H](C(=O)NC2CCCC2)c2cccs2)c(C)c1. The topological polar surface area (TPSA) is 49.4 Å². The largest absolute Gasteiger partial charge is 0.351 e. The first-order valence-corrected chi connectivity index (χ1v) is 13.0. The predicted molar refractivity (Wildman–Crippen MR) is 134 cm³/mol. The Morgan fingerprint density at radius 3 is 2.28 bits per heavy atom. The molecule has 0 radical (unpaired) electrons. The Bertz CT molecular complexity index is 1040. The number of amides is 2. The maximum Gasteiger partial charge on any atom is 0.248 e. The van der Waals surface area contributed by atoms with Gasteiger partial charge in [-0.15, -0.1) is 22.7 Å². The van der Waals surface area contributed by atoms with Crippen LogP contribution in [0.3, 0.4) is 0 Å². The fourth-order valence-corrected chi connectivity index (χ4v) is 6.28. The van der Waals surface area contributed by atoms with Crippen molar-refractivity contribution in [2.24, 2.45) is 0 Å². The lowest BCUT2D eigenvalue weighted by Crippen LogP contribution is -2.47. The van der Waals surface area contributed by atoms with Gasteiger partial charge in [0.05, 0.1) is 12.1 Å². The molecule has 0 bridgehead atoms. The second-order valence-corrected chi connectivity index (χ2v) is 10.7. The number of hydrogen-bond acceptors (Lipinski definition) is 4. The van der Waals surface area contributed by atoms with Gasteiger partial charge in [0.25, 0.3) is 0 Å². The van der Waals surface area contributed by atoms with Crippen molar-refractivity contribution in [1.29, 1.82) is 0 Å². The molecule has 1 atom stereocenters. The molecule has 0 aliphatic heterocycles. The molecule has 1 N–H and O–H groups in total. The molecule has 1 saturated carbocycles. The second-order valence-electron chi connectivity index (χ2n) is 8.68. The van der Waals surface area contributed by atoms with Crippen molar-refractivity contribution in [3.63, 3.8) is 0 Å². The standard InChI is InChI=1S/C26H30N2O2S2/c1-17-14-18(2)24(19(3)15-17)28(23(29)16-21-10-6-12-31-21)25(22-11-7-13-32-22)26(30)27-20-8-4-5-9-20/h6-7,10-15,20,25H,4-5,8-9,16H2,1-3H3,(H,27,30)/t25-/m1/s1. The summed E-state index contributed by atoms with van der Waals surface area (Å²) in [6.45, 7) is 6.12. The van der Waals surface area contributed by atoms with Crippen LogP contribution >= 0.6 is 22.7 Å². The predicted octanol–water partition coefficient (Wildman–Crippen LogP) is 6.11. The van der Waals surface area contributed by atoms with Crippen LogP contribution in [0.5, 0.6) is 0 Å². The molecule has 4 rings (SSSR count). The van der Waals surface area contributed by atoms with E-state index in [0.717, 1.165) is 57.8 Å². The summed E-state index contributed by atoms with van der Waals surface area (Å²) >= 11 is 3.10. The molecule has 1 fully saturated rings. The molecule has 2 amide bonds. The number of nitrogens with one attached hydrogen (secondary N) is 1. The average Bonchev–Trinajstić information content (AvgIpc) is 3.50. The number of aryl methyl sites for hydroxylation is 3. The summed E-state index contributed by atoms with van der Waals surface area (Å²) in [4.78, 5) is 31.2. The molecule has 6 heteroatoms. The number of carbonyl (C=O) groups excluding carboxylic acids is 2. The normalized spacial score (nSPS) is 15.0. The van der Waals surface area contributed by atoms with Crippen LogP contribution < -0.4 is 10.2 Å². The van der Waals surface area contributed by atoms with Gasteiger partial charge in [-0.2, -0.15) is 0 Å². The van der Waals surface area contributed by atoms with E-state index >= 15 is 0 Å². The smallest absolute Gasteiger partial charge is 0.248 e. The van der Waals surface area contributed by atoms with E-state index in [-0.39, 0.29) is 24.3 Å². The Morgan fingerprint density at radius 2 is 1.69 bits per heavy atom. The van der Waals surface area contributed by atoms with Gasteiger partial charge in [-0.25, -0.2) is 0 Å². The lowest BCUT2D eigenvalue weighted by molar-refractivity contribution is -0.126. The van der Waals surface area contributed by atoms with E-state index in [1.165, 1.54) is 11.3 Å². The molecule has 0 unspecified atom stereocenters. The summed E-state index contributed by atoms with van der Waals surface area (Å²) < 4.78 is 0. The average molecular weight is 467 g/mol. The highest BCUT2D eigenvalue weighted by molar-refractivity contribution is 7.10. The zero-order valence-corrected chi connectivity index (χ0v) is 20.5. The van der Waals surface area contributed by atoms with Gasteiger partial charge in [0, 0.05) is 15.8 Å². The molecule has 2 aromatic heterocycles. The molecule has 168 valence electrons. The fourth-order valence-electron chi connectivity index (χ4n) is 4.77. The summed E-state index contributed by atoms with van der Waals surface area (Å²) in [5.41, 5.74) is 4.02. The number of carbonyl (C=O) groups is 2. The van der Waals surface area contributed by atoms with Gasteiger partial charge in [-0.05, 0) is 67.6 Å². The van der Waals surface area contributed by atoms with E-state index in [9.17, 15) is 9.59 Å². The van der Waals surface area contributed by atoms with Crippen molar-refractivity contribution in [3.8, 4) is 0 Å². The first kappa shape index (κ1) is 22.7. The minimum Gasteiger partial charge on any atom is -0.351 e. The van der Waals surface area contributed by atoms with Crippen molar-refractivity contribution >= 4 is 40.2 Å². The van der Waals surface area contributed by atoms with Crippen molar-refractivity contribution in [2.75, 3.05) is 4.90 Å². The van der Waals surface area contributed by atoms with E-state index in [2.05, 4.69) is 24.4 Å². The summed E-state index contributed by atoms with van der Waals surface area (Å²) in [5, 5.41) is 7.22. The van der Waals surface area contributed by atoms with Gasteiger partial charge in [-0.1, -0.05) is 42.7 Å². The third-order valence-corrected chi connectivity index (χ3v) is 7.87. The lowest BCUT2D eigenvalue weighted by atomic mass is 10.0. The van der Waals surface area contributed by atoms with Crippen LogP contribution in [-0.2, 0) is 16.0 Å². The minimum atomic E-state index is -0.678. The molecule has 3 aromatic rings. The van der Waals surface area contributed by atoms with E-state index in [0.29, 0.717) is 0 Å². The third kappa shape index (κ3) is 4.97. The number of anilines is 1. The van der Waals surface area contributed by atoms with Crippen LogP contribution in [0.15, 0.2) is 47.2 Å². The maximum atomic E-state index is 13.8. The zero-order valence-electron chi connectivity index (χ0n) is 18.9. The van der Waals surface area contributed by atoms with E-state index in [4.69, 9.17) is 0 Å². The minimum absolute atomic E-state index is 0.0533. The molecule has 4 nitrogen and oxygen atoms in total. The van der Waals surface area contributed by atoms with Crippen molar-refractivity contribution < 1.29 is 9.59 Å². The van der Waals surface area contributed by atoms with Crippen LogP contribution in [0.1, 0.15) is 58.2 Å². The molecule has 1 aromatic carbocycles. The van der Waals surface area contributed by atoms with Gasteiger partial charge in [0.2, 0.25) is 11.8 Å². The Hall–Kier alpha value is -2.44. The number of thiophene rings is 2. The highest BCUT2D eigenvalue weighted by atomic mass is 32.1. The first-order valence-electron chi connectivity index (χ1n) is 11.2. The molecule has 1 aliphatic rings. The van der Waals surface area contributed by atoms with Crippen LogP contribution in [-0.4, -0.2) is 17.9 Å². The van der Waals surface area contributed by atoms with E-state index < -0.39 is 6.04 Å². The van der Waals surface area contributed by atoms with Crippen LogP contribution in [0.4, 0.5) is 5.69 Å². The second kappa shape index (κ2) is 10.0. The molecule has 32 heavy (non-hydrogen) atoms. The Balaban J connectivity index is 1.79. The molecule has 0 spiro atoms.